The first-order valence-electron chi connectivity index (χ1n) is 6.64. The standard InChI is InChI=1S/C15H17ClN2/c16-14-9-5-4-8-13(14)15-17-10-11-18(15)12-6-2-1-3-7-12/h4-5,8-12H,1-3,6-7H2. The van der Waals surface area contributed by atoms with Crippen LogP contribution in [0.2, 0.25) is 5.02 Å². The zero-order chi connectivity index (χ0) is 12.4. The van der Waals surface area contributed by atoms with Crippen LogP contribution in [0.4, 0.5) is 0 Å². The molecule has 3 heteroatoms. The zero-order valence-corrected chi connectivity index (χ0v) is 11.1. The molecule has 1 aliphatic rings. The van der Waals surface area contributed by atoms with Gasteiger partial charge in [0.2, 0.25) is 0 Å². The highest BCUT2D eigenvalue weighted by Crippen LogP contribution is 2.33. The number of imidazole rings is 1. The fourth-order valence-corrected chi connectivity index (χ4v) is 3.04. The Morgan fingerprint density at radius 2 is 1.89 bits per heavy atom. The maximum atomic E-state index is 6.27. The molecule has 2 nitrogen and oxygen atoms in total. The summed E-state index contributed by atoms with van der Waals surface area (Å²) in [4.78, 5) is 4.50. The van der Waals surface area contributed by atoms with Gasteiger partial charge >= 0.3 is 0 Å². The molecule has 18 heavy (non-hydrogen) atoms. The van der Waals surface area contributed by atoms with E-state index in [4.69, 9.17) is 11.6 Å². The van der Waals surface area contributed by atoms with Gasteiger partial charge < -0.3 is 4.57 Å². The van der Waals surface area contributed by atoms with E-state index >= 15 is 0 Å². The summed E-state index contributed by atoms with van der Waals surface area (Å²) in [6, 6.07) is 8.54. The summed E-state index contributed by atoms with van der Waals surface area (Å²) in [6.07, 6.45) is 10.5. The number of hydrogen-bond acceptors (Lipinski definition) is 1. The van der Waals surface area contributed by atoms with E-state index in [1.807, 2.05) is 30.5 Å². The molecular weight excluding hydrogens is 244 g/mol. The van der Waals surface area contributed by atoms with Crippen LogP contribution in [0.3, 0.4) is 0 Å². The molecule has 3 rings (SSSR count). The van der Waals surface area contributed by atoms with Crippen molar-refractivity contribution < 1.29 is 0 Å². The Hall–Kier alpha value is -1.28. The number of hydrogen-bond donors (Lipinski definition) is 0. The first-order chi connectivity index (χ1) is 8.86. The molecule has 0 spiro atoms. The number of aromatic nitrogens is 2. The van der Waals surface area contributed by atoms with E-state index in [-0.39, 0.29) is 0 Å². The van der Waals surface area contributed by atoms with Crippen LogP contribution < -0.4 is 0 Å². The number of rotatable bonds is 2. The van der Waals surface area contributed by atoms with Crippen molar-refractivity contribution in [3.63, 3.8) is 0 Å². The Balaban J connectivity index is 1.98. The first kappa shape index (κ1) is 11.8. The van der Waals surface area contributed by atoms with Gasteiger partial charge in [0.1, 0.15) is 5.82 Å². The summed E-state index contributed by atoms with van der Waals surface area (Å²) in [5, 5.41) is 0.778. The second-order valence-electron chi connectivity index (χ2n) is 4.93. The second kappa shape index (κ2) is 5.15. The third-order valence-electron chi connectivity index (χ3n) is 3.75. The summed E-state index contributed by atoms with van der Waals surface area (Å²) in [5.74, 6) is 1.01. The summed E-state index contributed by atoms with van der Waals surface area (Å²) < 4.78 is 2.31. The Bertz CT molecular complexity index is 527. The highest BCUT2D eigenvalue weighted by Gasteiger charge is 2.19. The second-order valence-corrected chi connectivity index (χ2v) is 5.34. The van der Waals surface area contributed by atoms with Crippen LogP contribution in [0.5, 0.6) is 0 Å². The molecule has 0 amide bonds. The quantitative estimate of drug-likeness (QED) is 0.765. The van der Waals surface area contributed by atoms with E-state index < -0.39 is 0 Å². The maximum Gasteiger partial charge on any atom is 0.141 e. The minimum Gasteiger partial charge on any atom is -0.328 e. The van der Waals surface area contributed by atoms with Gasteiger partial charge in [-0.1, -0.05) is 43.0 Å². The van der Waals surface area contributed by atoms with Gasteiger partial charge in [0.05, 0.1) is 5.02 Å². The molecule has 0 saturated heterocycles. The van der Waals surface area contributed by atoms with Crippen LogP contribution >= 0.6 is 11.6 Å². The number of benzene rings is 1. The minimum absolute atomic E-state index is 0.590. The fourth-order valence-electron chi connectivity index (χ4n) is 2.82. The predicted octanol–water partition coefficient (Wildman–Crippen LogP) is 4.71. The minimum atomic E-state index is 0.590. The van der Waals surface area contributed by atoms with Crippen molar-refractivity contribution in [2.75, 3.05) is 0 Å². The summed E-state index contributed by atoms with van der Waals surface area (Å²) in [7, 11) is 0. The van der Waals surface area contributed by atoms with Crippen molar-refractivity contribution in [3.8, 4) is 11.4 Å². The van der Waals surface area contributed by atoms with Gasteiger partial charge in [-0.15, -0.1) is 0 Å². The summed E-state index contributed by atoms with van der Waals surface area (Å²) in [6.45, 7) is 0. The number of halogens is 1. The molecule has 0 N–H and O–H groups in total. The van der Waals surface area contributed by atoms with Crippen LogP contribution in [0.1, 0.15) is 38.1 Å². The van der Waals surface area contributed by atoms with Crippen molar-refractivity contribution >= 4 is 11.6 Å². The lowest BCUT2D eigenvalue weighted by Gasteiger charge is -2.24. The fraction of sp³-hybridized carbons (Fsp3) is 0.400. The Kier molecular flexibility index (Phi) is 3.37. The third-order valence-corrected chi connectivity index (χ3v) is 4.08. The molecule has 1 aromatic carbocycles. The van der Waals surface area contributed by atoms with Crippen LogP contribution in [0, 0.1) is 0 Å². The predicted molar refractivity (Wildman–Crippen MR) is 74.8 cm³/mol. The SMILES string of the molecule is Clc1ccccc1-c1nccn1C1CCCCC1. The van der Waals surface area contributed by atoms with Crippen LogP contribution in [-0.4, -0.2) is 9.55 Å². The molecule has 1 heterocycles. The highest BCUT2D eigenvalue weighted by atomic mass is 35.5. The molecule has 94 valence electrons. The normalized spacial score (nSPS) is 16.9. The van der Waals surface area contributed by atoms with E-state index in [1.165, 1.54) is 32.1 Å². The van der Waals surface area contributed by atoms with E-state index in [2.05, 4.69) is 15.7 Å². The molecule has 0 aliphatic heterocycles. The molecule has 1 saturated carbocycles. The molecule has 1 aromatic heterocycles. The largest absolute Gasteiger partial charge is 0.328 e. The third kappa shape index (κ3) is 2.17. The van der Waals surface area contributed by atoms with E-state index in [0.717, 1.165) is 16.4 Å². The van der Waals surface area contributed by atoms with Crippen molar-refractivity contribution in [2.24, 2.45) is 0 Å². The van der Waals surface area contributed by atoms with Gasteiger partial charge in [-0.3, -0.25) is 0 Å². The Morgan fingerprint density at radius 3 is 2.67 bits per heavy atom. The topological polar surface area (TPSA) is 17.8 Å². The van der Waals surface area contributed by atoms with Crippen molar-refractivity contribution in [2.45, 2.75) is 38.1 Å². The molecular formula is C15H17ClN2. The lowest BCUT2D eigenvalue weighted by molar-refractivity contribution is 0.355. The van der Waals surface area contributed by atoms with Crippen LogP contribution in [-0.2, 0) is 0 Å². The zero-order valence-electron chi connectivity index (χ0n) is 10.3. The van der Waals surface area contributed by atoms with E-state index in [9.17, 15) is 0 Å². The van der Waals surface area contributed by atoms with E-state index in [1.54, 1.807) is 0 Å². The van der Waals surface area contributed by atoms with Gasteiger partial charge in [-0.25, -0.2) is 4.98 Å². The highest BCUT2D eigenvalue weighted by molar-refractivity contribution is 6.33. The molecule has 2 aromatic rings. The smallest absolute Gasteiger partial charge is 0.141 e. The molecule has 0 atom stereocenters. The lowest BCUT2D eigenvalue weighted by atomic mass is 9.95. The summed E-state index contributed by atoms with van der Waals surface area (Å²) in [5.41, 5.74) is 1.04. The van der Waals surface area contributed by atoms with Crippen molar-refractivity contribution in [3.05, 3.63) is 41.7 Å². The van der Waals surface area contributed by atoms with Crippen LogP contribution in [0.25, 0.3) is 11.4 Å². The monoisotopic (exact) mass is 260 g/mol. The van der Waals surface area contributed by atoms with Gasteiger partial charge in [0, 0.05) is 24.0 Å². The molecule has 0 bridgehead atoms. The molecule has 0 unspecified atom stereocenters. The average molecular weight is 261 g/mol. The summed E-state index contributed by atoms with van der Waals surface area (Å²) >= 11 is 6.27. The van der Waals surface area contributed by atoms with Gasteiger partial charge in [0.15, 0.2) is 0 Å². The van der Waals surface area contributed by atoms with Crippen LogP contribution in [0.15, 0.2) is 36.7 Å². The Labute approximate surface area is 113 Å². The van der Waals surface area contributed by atoms with Gasteiger partial charge in [-0.05, 0) is 25.0 Å². The molecule has 1 aliphatic carbocycles. The average Bonchev–Trinajstić information content (AvgIpc) is 2.89. The van der Waals surface area contributed by atoms with Crippen molar-refractivity contribution in [1.82, 2.24) is 9.55 Å². The van der Waals surface area contributed by atoms with Crippen molar-refractivity contribution in [1.29, 1.82) is 0 Å². The Morgan fingerprint density at radius 1 is 1.11 bits per heavy atom. The molecule has 0 radical (unpaired) electrons. The first-order valence-corrected chi connectivity index (χ1v) is 7.02. The lowest BCUT2D eigenvalue weighted by Crippen LogP contribution is -2.13. The van der Waals surface area contributed by atoms with E-state index in [0.29, 0.717) is 6.04 Å². The number of nitrogens with zero attached hydrogens (tertiary/aromatic N) is 2. The molecule has 1 fully saturated rings. The van der Waals surface area contributed by atoms with Gasteiger partial charge in [-0.2, -0.15) is 0 Å². The van der Waals surface area contributed by atoms with Gasteiger partial charge in [0.25, 0.3) is 0 Å². The maximum absolute atomic E-state index is 6.27.